The molecule has 0 aliphatic rings. The van der Waals surface area contributed by atoms with Crippen molar-refractivity contribution in [2.45, 2.75) is 25.3 Å². The van der Waals surface area contributed by atoms with Gasteiger partial charge in [0.05, 0.1) is 6.61 Å². The molecule has 2 N–H and O–H groups in total. The highest BCUT2D eigenvalue weighted by molar-refractivity contribution is 7.92. The van der Waals surface area contributed by atoms with Crippen LogP contribution in [0.1, 0.15) is 17.1 Å². The zero-order chi connectivity index (χ0) is 14.9. The highest BCUT2D eigenvalue weighted by Crippen LogP contribution is 2.28. The molecule has 5 nitrogen and oxygen atoms in total. The summed E-state index contributed by atoms with van der Waals surface area (Å²) < 4.78 is 45.0. The van der Waals surface area contributed by atoms with Gasteiger partial charge in [-0.1, -0.05) is 0 Å². The summed E-state index contributed by atoms with van der Waals surface area (Å²) in [5, 5.41) is 9.28. The first-order valence-electron chi connectivity index (χ1n) is 5.83. The van der Waals surface area contributed by atoms with Crippen molar-refractivity contribution in [1.82, 2.24) is 0 Å². The number of sulfonamides is 1. The summed E-state index contributed by atoms with van der Waals surface area (Å²) in [6, 6.07) is 4.93. The van der Waals surface area contributed by atoms with Crippen LogP contribution in [-0.2, 0) is 16.6 Å². The van der Waals surface area contributed by atoms with E-state index in [0.29, 0.717) is 5.76 Å². The Labute approximate surface area is 116 Å². The molecule has 2 rings (SSSR count). The van der Waals surface area contributed by atoms with Crippen molar-refractivity contribution in [2.24, 2.45) is 0 Å². The average Bonchev–Trinajstić information content (AvgIpc) is 2.66. The van der Waals surface area contributed by atoms with E-state index in [4.69, 9.17) is 4.42 Å². The summed E-state index contributed by atoms with van der Waals surface area (Å²) in [6.07, 6.45) is 0. The highest BCUT2D eigenvalue weighted by Gasteiger charge is 2.26. The standard InChI is InChI=1S/C13H14FNO4S/c1-8-12(7-16)13(9(2)19-8)20(17,18)15-11-5-3-10(14)4-6-11/h3-6,15-16H,7H2,1-2H3. The molecule has 0 atom stereocenters. The van der Waals surface area contributed by atoms with Gasteiger partial charge in [-0.3, -0.25) is 4.72 Å². The Morgan fingerprint density at radius 3 is 2.35 bits per heavy atom. The van der Waals surface area contributed by atoms with E-state index in [1.807, 2.05) is 0 Å². The van der Waals surface area contributed by atoms with Gasteiger partial charge < -0.3 is 9.52 Å². The SMILES string of the molecule is Cc1oc(C)c(S(=O)(=O)Nc2ccc(F)cc2)c1CO. The number of hydrogen-bond acceptors (Lipinski definition) is 4. The third-order valence-corrected chi connectivity index (χ3v) is 4.42. The van der Waals surface area contributed by atoms with Gasteiger partial charge in [0, 0.05) is 11.3 Å². The number of aliphatic hydroxyl groups is 1. The molecule has 2 aromatic rings. The van der Waals surface area contributed by atoms with Crippen LogP contribution >= 0.6 is 0 Å². The van der Waals surface area contributed by atoms with Crippen LogP contribution in [0.2, 0.25) is 0 Å². The van der Waals surface area contributed by atoms with Crippen molar-refractivity contribution in [3.63, 3.8) is 0 Å². The first-order valence-corrected chi connectivity index (χ1v) is 7.31. The molecule has 1 aromatic carbocycles. The topological polar surface area (TPSA) is 79.5 Å². The molecule has 1 heterocycles. The number of aliphatic hydroxyl groups excluding tert-OH is 1. The maximum absolute atomic E-state index is 12.8. The highest BCUT2D eigenvalue weighted by atomic mass is 32.2. The molecule has 1 aromatic heterocycles. The average molecular weight is 299 g/mol. The summed E-state index contributed by atoms with van der Waals surface area (Å²) in [4.78, 5) is -0.0816. The van der Waals surface area contributed by atoms with Crippen molar-refractivity contribution in [1.29, 1.82) is 0 Å². The zero-order valence-electron chi connectivity index (χ0n) is 11.0. The number of hydrogen-bond donors (Lipinski definition) is 2. The number of furan rings is 1. The van der Waals surface area contributed by atoms with Gasteiger partial charge in [0.15, 0.2) is 0 Å². The molecule has 0 unspecified atom stereocenters. The molecule has 0 aliphatic carbocycles. The van der Waals surface area contributed by atoms with Gasteiger partial charge in [-0.05, 0) is 38.1 Å². The first-order chi connectivity index (χ1) is 9.35. The van der Waals surface area contributed by atoms with Gasteiger partial charge in [0.2, 0.25) is 0 Å². The number of rotatable bonds is 4. The lowest BCUT2D eigenvalue weighted by Crippen LogP contribution is -2.15. The van der Waals surface area contributed by atoms with Crippen molar-refractivity contribution >= 4 is 15.7 Å². The minimum absolute atomic E-state index is 0.0816. The van der Waals surface area contributed by atoms with Gasteiger partial charge in [-0.2, -0.15) is 0 Å². The summed E-state index contributed by atoms with van der Waals surface area (Å²) in [7, 11) is -3.90. The monoisotopic (exact) mass is 299 g/mol. The van der Waals surface area contributed by atoms with Crippen LogP contribution < -0.4 is 4.72 Å². The molecule has 0 spiro atoms. The lowest BCUT2D eigenvalue weighted by molar-refractivity contribution is 0.276. The van der Waals surface area contributed by atoms with E-state index in [1.54, 1.807) is 6.92 Å². The molecule has 7 heteroatoms. The quantitative estimate of drug-likeness (QED) is 0.908. The minimum atomic E-state index is -3.90. The molecule has 0 fully saturated rings. The Morgan fingerprint density at radius 1 is 1.20 bits per heavy atom. The Balaban J connectivity index is 2.43. The van der Waals surface area contributed by atoms with Crippen LogP contribution in [0.3, 0.4) is 0 Å². The van der Waals surface area contributed by atoms with Crippen molar-refractivity contribution in [3.05, 3.63) is 47.2 Å². The fourth-order valence-electron chi connectivity index (χ4n) is 1.97. The predicted molar refractivity (Wildman–Crippen MR) is 71.3 cm³/mol. The molecule has 0 saturated carbocycles. The smallest absolute Gasteiger partial charge is 0.265 e. The third-order valence-electron chi connectivity index (χ3n) is 2.85. The normalized spacial score (nSPS) is 11.6. The molecule has 20 heavy (non-hydrogen) atoms. The third kappa shape index (κ3) is 2.68. The number of halogens is 1. The summed E-state index contributed by atoms with van der Waals surface area (Å²) >= 11 is 0. The molecule has 0 radical (unpaired) electrons. The number of aryl methyl sites for hydroxylation is 2. The minimum Gasteiger partial charge on any atom is -0.465 e. The van der Waals surface area contributed by atoms with E-state index in [-0.39, 0.29) is 21.9 Å². The van der Waals surface area contributed by atoms with Crippen LogP contribution in [0.5, 0.6) is 0 Å². The van der Waals surface area contributed by atoms with Gasteiger partial charge in [0.25, 0.3) is 10.0 Å². The second kappa shape index (κ2) is 5.26. The number of anilines is 1. The maximum atomic E-state index is 12.8. The second-order valence-electron chi connectivity index (χ2n) is 4.29. The lowest BCUT2D eigenvalue weighted by atomic mass is 10.2. The number of benzene rings is 1. The van der Waals surface area contributed by atoms with Crippen molar-refractivity contribution in [2.75, 3.05) is 4.72 Å². The molecule has 0 bridgehead atoms. The van der Waals surface area contributed by atoms with Gasteiger partial charge in [0.1, 0.15) is 22.2 Å². The van der Waals surface area contributed by atoms with E-state index in [9.17, 15) is 17.9 Å². The fourth-order valence-corrected chi connectivity index (χ4v) is 3.47. The van der Waals surface area contributed by atoms with E-state index in [0.717, 1.165) is 12.1 Å². The van der Waals surface area contributed by atoms with E-state index < -0.39 is 22.4 Å². The molecule has 0 aliphatic heterocycles. The van der Waals surface area contributed by atoms with Crippen LogP contribution in [0.15, 0.2) is 33.6 Å². The Morgan fingerprint density at radius 2 is 1.80 bits per heavy atom. The Hall–Kier alpha value is -1.86. The van der Waals surface area contributed by atoms with Crippen LogP contribution in [0, 0.1) is 19.7 Å². The van der Waals surface area contributed by atoms with E-state index in [2.05, 4.69) is 4.72 Å². The molecule has 108 valence electrons. The van der Waals surface area contributed by atoms with Gasteiger partial charge >= 0.3 is 0 Å². The van der Waals surface area contributed by atoms with Crippen molar-refractivity contribution < 1.29 is 22.3 Å². The molecule has 0 amide bonds. The first kappa shape index (κ1) is 14.5. The van der Waals surface area contributed by atoms with Crippen molar-refractivity contribution in [3.8, 4) is 0 Å². The largest absolute Gasteiger partial charge is 0.465 e. The molecular weight excluding hydrogens is 285 g/mol. The van der Waals surface area contributed by atoms with Gasteiger partial charge in [-0.25, -0.2) is 12.8 Å². The van der Waals surface area contributed by atoms with Crippen LogP contribution in [-0.4, -0.2) is 13.5 Å². The summed E-state index contributed by atoms with van der Waals surface area (Å²) in [5.41, 5.74) is 0.450. The molecular formula is C13H14FNO4S. The molecule has 0 saturated heterocycles. The lowest BCUT2D eigenvalue weighted by Gasteiger charge is -2.08. The van der Waals surface area contributed by atoms with Gasteiger partial charge in [-0.15, -0.1) is 0 Å². The Kier molecular flexibility index (Phi) is 3.82. The van der Waals surface area contributed by atoms with Crippen LogP contribution in [0.25, 0.3) is 0 Å². The summed E-state index contributed by atoms with van der Waals surface area (Å²) in [5.74, 6) is 0.0879. The van der Waals surface area contributed by atoms with E-state index >= 15 is 0 Å². The fraction of sp³-hybridized carbons (Fsp3) is 0.231. The van der Waals surface area contributed by atoms with Crippen LogP contribution in [0.4, 0.5) is 10.1 Å². The van der Waals surface area contributed by atoms with E-state index in [1.165, 1.54) is 19.1 Å². The maximum Gasteiger partial charge on any atom is 0.265 e. The predicted octanol–water partition coefficient (Wildman–Crippen LogP) is 2.33. The zero-order valence-corrected chi connectivity index (χ0v) is 11.8. The second-order valence-corrected chi connectivity index (χ2v) is 5.91. The number of nitrogens with one attached hydrogen (secondary N) is 1. The Bertz CT molecular complexity index is 720. The summed E-state index contributed by atoms with van der Waals surface area (Å²) in [6.45, 7) is 2.64.